The normalized spacial score (nSPS) is 13.3. The maximum absolute atomic E-state index is 10.5. The molecule has 1 aliphatic rings. The molecule has 1 heterocycles. The lowest BCUT2D eigenvalue weighted by Gasteiger charge is -2.25. The average molecular weight is 328 g/mol. The molecular formula is C16H26BrNO. The molecule has 3 heteroatoms. The summed E-state index contributed by atoms with van der Waals surface area (Å²) < 4.78 is 1.02. The highest BCUT2D eigenvalue weighted by atomic mass is 79.9. The number of carbonyl (C=O) groups excluding carboxylic acids is 1. The van der Waals surface area contributed by atoms with Crippen LogP contribution in [0.25, 0.3) is 0 Å². The maximum Gasteiger partial charge on any atom is 0.150 e. The third-order valence-electron chi connectivity index (χ3n) is 3.08. The fourth-order valence-corrected chi connectivity index (χ4v) is 2.36. The summed E-state index contributed by atoms with van der Waals surface area (Å²) >= 11 is 3.39. The number of rotatable bonds is 3. The van der Waals surface area contributed by atoms with Crippen LogP contribution >= 0.6 is 15.9 Å². The zero-order valence-corrected chi connectivity index (χ0v) is 14.1. The van der Waals surface area contributed by atoms with E-state index >= 15 is 0 Å². The highest BCUT2D eigenvalue weighted by Gasteiger charge is 2.12. The van der Waals surface area contributed by atoms with Gasteiger partial charge in [-0.2, -0.15) is 0 Å². The molecule has 108 valence electrons. The molecule has 2 nitrogen and oxygen atoms in total. The molecule has 0 bridgehead atoms. The number of hydrogen-bond donors (Lipinski definition) is 1. The van der Waals surface area contributed by atoms with Crippen molar-refractivity contribution in [2.75, 3.05) is 13.1 Å². The molecule has 0 atom stereocenters. The third kappa shape index (κ3) is 6.35. The van der Waals surface area contributed by atoms with E-state index in [0.717, 1.165) is 34.2 Å². The van der Waals surface area contributed by atoms with E-state index in [1.807, 2.05) is 39.0 Å². The highest BCUT2D eigenvalue weighted by Crippen LogP contribution is 2.19. The molecule has 19 heavy (non-hydrogen) atoms. The molecule has 0 aromatic heterocycles. The van der Waals surface area contributed by atoms with Crippen molar-refractivity contribution < 1.29 is 4.79 Å². The van der Waals surface area contributed by atoms with Gasteiger partial charge in [0.05, 0.1) is 0 Å². The van der Waals surface area contributed by atoms with Crippen molar-refractivity contribution in [2.24, 2.45) is 5.92 Å². The van der Waals surface area contributed by atoms with Crippen LogP contribution in [0.15, 0.2) is 22.7 Å². The largest absolute Gasteiger partial charge is 0.316 e. The van der Waals surface area contributed by atoms with E-state index in [1.165, 1.54) is 19.5 Å². The van der Waals surface area contributed by atoms with Gasteiger partial charge in [0.25, 0.3) is 0 Å². The van der Waals surface area contributed by atoms with Gasteiger partial charge in [-0.3, -0.25) is 4.79 Å². The predicted molar refractivity (Wildman–Crippen MR) is 86.9 cm³/mol. The quantitative estimate of drug-likeness (QED) is 0.830. The summed E-state index contributed by atoms with van der Waals surface area (Å²) in [6, 6.07) is 5.65. The Hall–Kier alpha value is -0.670. The first-order chi connectivity index (χ1) is 9.22. The van der Waals surface area contributed by atoms with Crippen LogP contribution < -0.4 is 5.32 Å². The minimum absolute atomic E-state index is 0.780. The number of carbonyl (C=O) groups is 1. The van der Waals surface area contributed by atoms with Crippen molar-refractivity contribution in [3.05, 3.63) is 33.8 Å². The monoisotopic (exact) mass is 327 g/mol. The van der Waals surface area contributed by atoms with Crippen LogP contribution in [0.4, 0.5) is 0 Å². The number of benzene rings is 1. The minimum Gasteiger partial charge on any atom is -0.316 e. The van der Waals surface area contributed by atoms with E-state index in [0.29, 0.717) is 0 Å². The van der Waals surface area contributed by atoms with Crippen LogP contribution in [0.1, 0.15) is 50.0 Å². The Morgan fingerprint density at radius 1 is 1.32 bits per heavy atom. The summed E-state index contributed by atoms with van der Waals surface area (Å²) in [5.41, 5.74) is 1.87. The van der Waals surface area contributed by atoms with Crippen LogP contribution in [0.5, 0.6) is 0 Å². The van der Waals surface area contributed by atoms with Gasteiger partial charge in [0, 0.05) is 10.0 Å². The van der Waals surface area contributed by atoms with Gasteiger partial charge < -0.3 is 5.32 Å². The van der Waals surface area contributed by atoms with Crippen molar-refractivity contribution in [1.29, 1.82) is 0 Å². The Bertz CT molecular complexity index is 359. The Balaban J connectivity index is 0.000000341. The van der Waals surface area contributed by atoms with Gasteiger partial charge >= 0.3 is 0 Å². The van der Waals surface area contributed by atoms with Gasteiger partial charge in [-0.15, -0.1) is 0 Å². The molecule has 0 radical (unpaired) electrons. The predicted octanol–water partition coefficient (Wildman–Crippen LogP) is 4.47. The molecule has 1 saturated heterocycles. The van der Waals surface area contributed by atoms with Gasteiger partial charge in [-0.25, -0.2) is 0 Å². The van der Waals surface area contributed by atoms with E-state index < -0.39 is 0 Å². The summed E-state index contributed by atoms with van der Waals surface area (Å²) in [5, 5.41) is 3.21. The smallest absolute Gasteiger partial charge is 0.150 e. The Morgan fingerprint density at radius 2 is 1.95 bits per heavy atom. The second-order valence-electron chi connectivity index (χ2n) is 4.21. The van der Waals surface area contributed by atoms with E-state index in [2.05, 4.69) is 28.2 Å². The van der Waals surface area contributed by atoms with Gasteiger partial charge in [-0.1, -0.05) is 62.2 Å². The standard InChI is InChI=1S/C9H9BrO.C5H11N.C2H6/c1-2-8-7(6-11)4-3-5-9(8)10;1-2-5-3-6-4-5;1-2/h3-6H,2H2,1H3;5-6H,2-4H2,1H3;1-2H3. The molecule has 0 saturated carbocycles. The zero-order chi connectivity index (χ0) is 14.7. The molecule has 1 aliphatic heterocycles. The molecule has 1 N–H and O–H groups in total. The Kier molecular flexibility index (Phi) is 10.8. The first-order valence-electron chi connectivity index (χ1n) is 7.16. The fraction of sp³-hybridized carbons (Fsp3) is 0.562. The van der Waals surface area contributed by atoms with E-state index in [9.17, 15) is 4.79 Å². The third-order valence-corrected chi connectivity index (χ3v) is 3.82. The Labute approximate surface area is 126 Å². The van der Waals surface area contributed by atoms with Gasteiger partial charge in [0.15, 0.2) is 0 Å². The van der Waals surface area contributed by atoms with Gasteiger partial charge in [0.2, 0.25) is 0 Å². The molecule has 2 rings (SSSR count). The van der Waals surface area contributed by atoms with Crippen LogP contribution in [-0.2, 0) is 6.42 Å². The minimum atomic E-state index is 0.780. The van der Waals surface area contributed by atoms with Gasteiger partial charge in [0.1, 0.15) is 6.29 Å². The lowest BCUT2D eigenvalue weighted by molar-refractivity contribution is 0.112. The average Bonchev–Trinajstić information content (AvgIpc) is 2.40. The van der Waals surface area contributed by atoms with Crippen molar-refractivity contribution in [3.63, 3.8) is 0 Å². The number of nitrogens with one attached hydrogen (secondary N) is 1. The molecule has 0 amide bonds. The molecule has 1 fully saturated rings. The summed E-state index contributed by atoms with van der Waals surface area (Å²) in [6.45, 7) is 10.8. The number of hydrogen-bond acceptors (Lipinski definition) is 2. The first kappa shape index (κ1) is 18.3. The van der Waals surface area contributed by atoms with E-state index in [-0.39, 0.29) is 0 Å². The SMILES string of the molecule is CC.CCC1CNC1.CCc1c(Br)cccc1C=O. The van der Waals surface area contributed by atoms with E-state index in [4.69, 9.17) is 0 Å². The van der Waals surface area contributed by atoms with E-state index in [1.54, 1.807) is 0 Å². The van der Waals surface area contributed by atoms with Gasteiger partial charge in [-0.05, 0) is 37.1 Å². The second kappa shape index (κ2) is 11.2. The second-order valence-corrected chi connectivity index (χ2v) is 5.07. The lowest BCUT2D eigenvalue weighted by atomic mass is 10.0. The van der Waals surface area contributed by atoms with Crippen molar-refractivity contribution in [2.45, 2.75) is 40.5 Å². The number of halogens is 1. The van der Waals surface area contributed by atoms with Crippen molar-refractivity contribution in [1.82, 2.24) is 5.32 Å². The Morgan fingerprint density at radius 3 is 2.21 bits per heavy atom. The summed E-state index contributed by atoms with van der Waals surface area (Å²) in [7, 11) is 0. The van der Waals surface area contributed by atoms with Crippen LogP contribution in [0.2, 0.25) is 0 Å². The molecular weight excluding hydrogens is 302 g/mol. The topological polar surface area (TPSA) is 29.1 Å². The molecule has 1 aromatic rings. The first-order valence-corrected chi connectivity index (χ1v) is 7.95. The molecule has 1 aromatic carbocycles. The van der Waals surface area contributed by atoms with Crippen LogP contribution in [0, 0.1) is 5.92 Å². The van der Waals surface area contributed by atoms with Crippen molar-refractivity contribution in [3.8, 4) is 0 Å². The highest BCUT2D eigenvalue weighted by molar-refractivity contribution is 9.10. The maximum atomic E-state index is 10.5. The molecule has 0 spiro atoms. The number of aldehydes is 1. The van der Waals surface area contributed by atoms with Crippen LogP contribution in [-0.4, -0.2) is 19.4 Å². The van der Waals surface area contributed by atoms with Crippen molar-refractivity contribution >= 4 is 22.2 Å². The summed E-state index contributed by atoms with van der Waals surface area (Å²) in [4.78, 5) is 10.5. The fourth-order valence-electron chi connectivity index (χ4n) is 1.70. The summed E-state index contributed by atoms with van der Waals surface area (Å²) in [6.07, 6.45) is 3.13. The molecule has 0 unspecified atom stereocenters. The lowest BCUT2D eigenvalue weighted by Crippen LogP contribution is -2.41. The summed E-state index contributed by atoms with van der Waals surface area (Å²) in [5.74, 6) is 1.00. The molecule has 0 aliphatic carbocycles. The van der Waals surface area contributed by atoms with Crippen LogP contribution in [0.3, 0.4) is 0 Å². The zero-order valence-electron chi connectivity index (χ0n) is 12.5.